The van der Waals surface area contributed by atoms with E-state index in [1.54, 1.807) is 0 Å². The van der Waals surface area contributed by atoms with Gasteiger partial charge in [-0.05, 0) is 32.0 Å². The highest BCUT2D eigenvalue weighted by Gasteiger charge is 2.33. The number of ether oxygens (including phenoxy) is 1. The van der Waals surface area contributed by atoms with Gasteiger partial charge in [-0.3, -0.25) is 0 Å². The van der Waals surface area contributed by atoms with E-state index in [4.69, 9.17) is 21.6 Å². The van der Waals surface area contributed by atoms with E-state index >= 15 is 0 Å². The van der Waals surface area contributed by atoms with Crippen molar-refractivity contribution in [1.82, 2.24) is 4.31 Å². The molecule has 1 aromatic rings. The summed E-state index contributed by atoms with van der Waals surface area (Å²) in [4.78, 5) is 0.0273. The second-order valence-electron chi connectivity index (χ2n) is 4.84. The summed E-state index contributed by atoms with van der Waals surface area (Å²) < 4.78 is 32.1. The van der Waals surface area contributed by atoms with Gasteiger partial charge >= 0.3 is 0 Å². The van der Waals surface area contributed by atoms with Crippen LogP contribution in [0.3, 0.4) is 0 Å². The molecule has 1 aliphatic heterocycles. The van der Waals surface area contributed by atoms with Crippen LogP contribution in [0.1, 0.15) is 19.4 Å². The van der Waals surface area contributed by atoms with Crippen molar-refractivity contribution in [3.05, 3.63) is 28.8 Å². The van der Waals surface area contributed by atoms with Crippen LogP contribution in [0.15, 0.2) is 23.1 Å². The summed E-state index contributed by atoms with van der Waals surface area (Å²) in [5, 5.41) is 8.85. The predicted octanol–water partition coefficient (Wildman–Crippen LogP) is 2.01. The zero-order valence-corrected chi connectivity index (χ0v) is 12.8. The number of hydrogen-bond acceptors (Lipinski definition) is 4. The highest BCUT2D eigenvalue weighted by atomic mass is 35.5. The van der Waals surface area contributed by atoms with Gasteiger partial charge in [-0.25, -0.2) is 8.42 Å². The van der Waals surface area contributed by atoms with Crippen molar-refractivity contribution in [2.75, 3.05) is 13.1 Å². The molecular weight excluding hydrogens is 300 g/mol. The van der Waals surface area contributed by atoms with Crippen molar-refractivity contribution in [3.63, 3.8) is 0 Å². The Morgan fingerprint density at radius 1 is 1.35 bits per heavy atom. The molecule has 2 atom stereocenters. The van der Waals surface area contributed by atoms with E-state index in [1.807, 2.05) is 19.9 Å². The molecule has 0 spiro atoms. The standard InChI is InChI=1S/C13H15ClN2O3S/c1-9-7-16(8-10(2)19-9)20(17,18)13-4-3-11(6-15)5-12(13)14/h3-5,9-10H,7-8H2,1-2H3/t9-,10+. The van der Waals surface area contributed by atoms with Crippen LogP contribution >= 0.6 is 11.6 Å². The lowest BCUT2D eigenvalue weighted by Gasteiger charge is -2.34. The van der Waals surface area contributed by atoms with Crippen molar-refractivity contribution < 1.29 is 13.2 Å². The largest absolute Gasteiger partial charge is 0.373 e. The SMILES string of the molecule is C[C@@H]1CN(S(=O)(=O)c2ccc(C#N)cc2Cl)C[C@H](C)O1. The third-order valence-corrected chi connectivity index (χ3v) is 5.38. The minimum Gasteiger partial charge on any atom is -0.373 e. The summed E-state index contributed by atoms with van der Waals surface area (Å²) >= 11 is 6.00. The van der Waals surface area contributed by atoms with Crippen molar-refractivity contribution in [2.24, 2.45) is 0 Å². The highest BCUT2D eigenvalue weighted by molar-refractivity contribution is 7.89. The molecule has 1 aromatic carbocycles. The molecule has 0 unspecified atom stereocenters. The number of benzene rings is 1. The quantitative estimate of drug-likeness (QED) is 0.837. The Morgan fingerprint density at radius 2 is 1.95 bits per heavy atom. The lowest BCUT2D eigenvalue weighted by Crippen LogP contribution is -2.48. The number of hydrogen-bond donors (Lipinski definition) is 0. The Kier molecular flexibility index (Phi) is 4.35. The zero-order valence-electron chi connectivity index (χ0n) is 11.2. The summed E-state index contributed by atoms with van der Waals surface area (Å²) in [6.07, 6.45) is -0.323. The molecule has 2 rings (SSSR count). The van der Waals surface area contributed by atoms with Gasteiger partial charge in [-0.15, -0.1) is 0 Å². The van der Waals surface area contributed by atoms with E-state index in [2.05, 4.69) is 0 Å². The Bertz CT molecular complexity index is 644. The first kappa shape index (κ1) is 15.3. The average molecular weight is 315 g/mol. The third kappa shape index (κ3) is 2.96. The second kappa shape index (κ2) is 5.70. The summed E-state index contributed by atoms with van der Waals surface area (Å²) in [7, 11) is -3.67. The summed E-state index contributed by atoms with van der Waals surface area (Å²) in [5.41, 5.74) is 0.331. The van der Waals surface area contributed by atoms with E-state index in [0.29, 0.717) is 18.7 Å². The molecule has 0 amide bonds. The van der Waals surface area contributed by atoms with Gasteiger partial charge in [-0.2, -0.15) is 9.57 Å². The molecule has 108 valence electrons. The van der Waals surface area contributed by atoms with Gasteiger partial charge in [0.2, 0.25) is 10.0 Å². The minimum absolute atomic E-state index is 0.0273. The van der Waals surface area contributed by atoms with Crippen molar-refractivity contribution >= 4 is 21.6 Å². The monoisotopic (exact) mass is 314 g/mol. The molecule has 0 N–H and O–H groups in total. The molecular formula is C13H15ClN2O3S. The molecule has 0 radical (unpaired) electrons. The minimum atomic E-state index is -3.67. The maximum absolute atomic E-state index is 12.6. The number of nitrogens with zero attached hydrogens (tertiary/aromatic N) is 2. The molecule has 7 heteroatoms. The van der Waals surface area contributed by atoms with Gasteiger partial charge in [0.15, 0.2) is 0 Å². The number of morpholine rings is 1. The third-order valence-electron chi connectivity index (χ3n) is 3.06. The first-order valence-electron chi connectivity index (χ1n) is 6.20. The molecule has 5 nitrogen and oxygen atoms in total. The number of rotatable bonds is 2. The summed E-state index contributed by atoms with van der Waals surface area (Å²) in [6.45, 7) is 4.25. The molecule has 0 saturated carbocycles. The fourth-order valence-corrected chi connectivity index (χ4v) is 4.35. The smallest absolute Gasteiger partial charge is 0.244 e. The van der Waals surface area contributed by atoms with Crippen molar-refractivity contribution in [1.29, 1.82) is 5.26 Å². The van der Waals surface area contributed by atoms with Crippen LogP contribution in [0.5, 0.6) is 0 Å². The van der Waals surface area contributed by atoms with Crippen LogP contribution in [0.25, 0.3) is 0 Å². The van der Waals surface area contributed by atoms with Crippen LogP contribution in [-0.2, 0) is 14.8 Å². The molecule has 1 aliphatic rings. The number of nitriles is 1. The van der Waals surface area contributed by atoms with E-state index in [0.717, 1.165) is 0 Å². The van der Waals surface area contributed by atoms with Gasteiger partial charge in [-0.1, -0.05) is 11.6 Å². The normalized spacial score (nSPS) is 24.3. The predicted molar refractivity (Wildman–Crippen MR) is 74.9 cm³/mol. The van der Waals surface area contributed by atoms with Gasteiger partial charge in [0, 0.05) is 13.1 Å². The molecule has 20 heavy (non-hydrogen) atoms. The van der Waals surface area contributed by atoms with Gasteiger partial charge in [0.1, 0.15) is 4.90 Å². The Morgan fingerprint density at radius 3 is 2.45 bits per heavy atom. The van der Waals surface area contributed by atoms with Gasteiger partial charge in [0.05, 0.1) is 28.9 Å². The number of halogens is 1. The highest BCUT2D eigenvalue weighted by Crippen LogP contribution is 2.27. The van der Waals surface area contributed by atoms with E-state index < -0.39 is 10.0 Å². The Hall–Kier alpha value is -1.13. The first-order valence-corrected chi connectivity index (χ1v) is 8.01. The van der Waals surface area contributed by atoms with Crippen LogP contribution in [0.4, 0.5) is 0 Å². The van der Waals surface area contributed by atoms with Crippen LogP contribution in [0, 0.1) is 11.3 Å². The lowest BCUT2D eigenvalue weighted by atomic mass is 10.2. The van der Waals surface area contributed by atoms with Gasteiger partial charge in [0.25, 0.3) is 0 Å². The maximum Gasteiger partial charge on any atom is 0.244 e. The zero-order chi connectivity index (χ0) is 14.9. The van der Waals surface area contributed by atoms with E-state index in [-0.39, 0.29) is 22.1 Å². The fraction of sp³-hybridized carbons (Fsp3) is 0.462. The Labute approximate surface area is 123 Å². The maximum atomic E-state index is 12.6. The van der Waals surface area contributed by atoms with E-state index in [9.17, 15) is 8.42 Å². The van der Waals surface area contributed by atoms with Crippen molar-refractivity contribution in [2.45, 2.75) is 31.0 Å². The van der Waals surface area contributed by atoms with Gasteiger partial charge < -0.3 is 4.74 Å². The van der Waals surface area contributed by atoms with E-state index in [1.165, 1.54) is 22.5 Å². The number of sulfonamides is 1. The Balaban J connectivity index is 2.38. The molecule has 1 heterocycles. The van der Waals surface area contributed by atoms with Crippen LogP contribution in [-0.4, -0.2) is 38.0 Å². The molecule has 0 aromatic heterocycles. The second-order valence-corrected chi connectivity index (χ2v) is 7.15. The molecule has 0 bridgehead atoms. The first-order chi connectivity index (χ1) is 9.34. The van der Waals surface area contributed by atoms with Crippen molar-refractivity contribution in [3.8, 4) is 6.07 Å². The fourth-order valence-electron chi connectivity index (χ4n) is 2.25. The summed E-state index contributed by atoms with van der Waals surface area (Å²) in [6, 6.07) is 6.12. The van der Waals surface area contributed by atoms with Crippen LogP contribution < -0.4 is 0 Å². The molecule has 1 fully saturated rings. The average Bonchev–Trinajstić information content (AvgIpc) is 2.37. The van der Waals surface area contributed by atoms with Crippen LogP contribution in [0.2, 0.25) is 5.02 Å². The lowest BCUT2D eigenvalue weighted by molar-refractivity contribution is -0.0440. The topological polar surface area (TPSA) is 70.4 Å². The summed E-state index contributed by atoms with van der Waals surface area (Å²) in [5.74, 6) is 0. The molecule has 1 saturated heterocycles. The molecule has 0 aliphatic carbocycles.